The quantitative estimate of drug-likeness (QED) is 0.676. The van der Waals surface area contributed by atoms with E-state index in [1.54, 1.807) is 0 Å². The highest BCUT2D eigenvalue weighted by Gasteiger charge is 2.25. The van der Waals surface area contributed by atoms with Gasteiger partial charge in [0.05, 0.1) is 0 Å². The van der Waals surface area contributed by atoms with Crippen molar-refractivity contribution >= 4 is 18.8 Å². The van der Waals surface area contributed by atoms with E-state index in [2.05, 4.69) is 9.34 Å². The molecule has 0 N–H and O–H groups in total. The van der Waals surface area contributed by atoms with E-state index in [-0.39, 0.29) is 0 Å². The van der Waals surface area contributed by atoms with E-state index in [1.165, 1.54) is 64.7 Å². The smallest absolute Gasteiger partial charge is 0.140 e. The number of hydrogen-bond acceptors (Lipinski definition) is 2. The van der Waals surface area contributed by atoms with Gasteiger partial charge in [-0.2, -0.15) is 0 Å². The van der Waals surface area contributed by atoms with Crippen molar-refractivity contribution in [1.29, 1.82) is 0 Å². The van der Waals surface area contributed by atoms with E-state index in [0.29, 0.717) is 0 Å². The molecule has 2 heterocycles. The van der Waals surface area contributed by atoms with Crippen molar-refractivity contribution in [2.75, 3.05) is 26.2 Å². The Bertz CT molecular complexity index is 150. The monoisotopic (exact) mass is 234 g/mol. The molecule has 0 aromatic carbocycles. The van der Waals surface area contributed by atoms with Crippen LogP contribution in [0, 0.1) is 0 Å². The lowest BCUT2D eigenvalue weighted by molar-refractivity contribution is 0.317. The average Bonchev–Trinajstić information content (AvgIpc) is 2.30. The Morgan fingerprint density at radius 2 is 1.00 bits per heavy atom. The van der Waals surface area contributed by atoms with Crippen LogP contribution in [0.15, 0.2) is 0 Å². The van der Waals surface area contributed by atoms with Gasteiger partial charge in [0.15, 0.2) is 0 Å². The molecule has 0 aromatic heterocycles. The number of halogens is 1. The molecular formula is C10H20ClN2P. The molecule has 0 bridgehead atoms. The zero-order valence-corrected chi connectivity index (χ0v) is 10.4. The fourth-order valence-electron chi connectivity index (χ4n) is 2.26. The molecule has 2 fully saturated rings. The Morgan fingerprint density at radius 3 is 1.36 bits per heavy atom. The van der Waals surface area contributed by atoms with Gasteiger partial charge in [-0.3, -0.25) is 9.34 Å². The molecule has 2 nitrogen and oxygen atoms in total. The van der Waals surface area contributed by atoms with Gasteiger partial charge in [0, 0.05) is 26.2 Å². The summed E-state index contributed by atoms with van der Waals surface area (Å²) in [5.41, 5.74) is 0. The molecule has 4 heteroatoms. The lowest BCUT2D eigenvalue weighted by Crippen LogP contribution is -2.33. The van der Waals surface area contributed by atoms with Gasteiger partial charge in [-0.05, 0) is 25.7 Å². The van der Waals surface area contributed by atoms with Gasteiger partial charge in [0.2, 0.25) is 0 Å². The second kappa shape index (κ2) is 5.65. The summed E-state index contributed by atoms with van der Waals surface area (Å²) in [4.78, 5) is 0. The maximum Gasteiger partial charge on any atom is 0.140 e. The zero-order chi connectivity index (χ0) is 9.80. The molecule has 82 valence electrons. The molecule has 0 radical (unpaired) electrons. The second-order valence-electron chi connectivity index (χ2n) is 4.27. The summed E-state index contributed by atoms with van der Waals surface area (Å²) in [7, 11) is -0.478. The third-order valence-electron chi connectivity index (χ3n) is 3.13. The fraction of sp³-hybridized carbons (Fsp3) is 1.00. The third-order valence-corrected chi connectivity index (χ3v) is 6.15. The minimum absolute atomic E-state index is 0.478. The van der Waals surface area contributed by atoms with Gasteiger partial charge >= 0.3 is 0 Å². The Kier molecular flexibility index (Phi) is 4.49. The summed E-state index contributed by atoms with van der Waals surface area (Å²) in [6, 6.07) is 0. The van der Waals surface area contributed by atoms with E-state index >= 15 is 0 Å². The van der Waals surface area contributed by atoms with Crippen LogP contribution >= 0.6 is 18.8 Å². The molecule has 0 saturated carbocycles. The number of nitrogens with zero attached hydrogens (tertiary/aromatic N) is 2. The molecule has 2 rings (SSSR count). The maximum absolute atomic E-state index is 6.56. The van der Waals surface area contributed by atoms with E-state index in [1.807, 2.05) is 0 Å². The van der Waals surface area contributed by atoms with Crippen LogP contribution in [-0.4, -0.2) is 35.5 Å². The van der Waals surface area contributed by atoms with E-state index in [9.17, 15) is 0 Å². The van der Waals surface area contributed by atoms with Gasteiger partial charge in [-0.1, -0.05) is 24.1 Å². The second-order valence-corrected chi connectivity index (χ2v) is 6.79. The Morgan fingerprint density at radius 1 is 0.643 bits per heavy atom. The molecule has 2 aliphatic heterocycles. The lowest BCUT2D eigenvalue weighted by atomic mass is 10.2. The van der Waals surface area contributed by atoms with Crippen LogP contribution in [-0.2, 0) is 0 Å². The molecule has 0 aliphatic carbocycles. The SMILES string of the molecule is ClP(N1CCCCC1)N1CCCCC1. The molecular weight excluding hydrogens is 215 g/mol. The highest BCUT2D eigenvalue weighted by Crippen LogP contribution is 2.51. The largest absolute Gasteiger partial charge is 0.257 e. The van der Waals surface area contributed by atoms with E-state index in [0.717, 1.165) is 0 Å². The van der Waals surface area contributed by atoms with Gasteiger partial charge < -0.3 is 0 Å². The Labute approximate surface area is 93.2 Å². The molecule has 0 atom stereocenters. The summed E-state index contributed by atoms with van der Waals surface area (Å²) in [5.74, 6) is 0. The first-order valence-corrected chi connectivity index (χ1v) is 7.99. The van der Waals surface area contributed by atoms with Gasteiger partial charge in [-0.15, -0.1) is 0 Å². The predicted molar refractivity (Wildman–Crippen MR) is 63.6 cm³/mol. The van der Waals surface area contributed by atoms with Crippen LogP contribution in [0.1, 0.15) is 38.5 Å². The van der Waals surface area contributed by atoms with Crippen molar-refractivity contribution in [2.45, 2.75) is 38.5 Å². The van der Waals surface area contributed by atoms with Crippen LogP contribution < -0.4 is 0 Å². The van der Waals surface area contributed by atoms with Crippen LogP contribution in [0.4, 0.5) is 0 Å². The zero-order valence-electron chi connectivity index (χ0n) is 8.79. The number of piperidine rings is 2. The molecule has 0 aromatic rings. The highest BCUT2D eigenvalue weighted by molar-refractivity contribution is 7.80. The lowest BCUT2D eigenvalue weighted by Gasteiger charge is -2.38. The number of rotatable bonds is 2. The van der Waals surface area contributed by atoms with E-state index in [4.69, 9.17) is 11.2 Å². The number of hydrogen-bond donors (Lipinski definition) is 0. The summed E-state index contributed by atoms with van der Waals surface area (Å²) in [6.07, 6.45) is 8.19. The van der Waals surface area contributed by atoms with Gasteiger partial charge in [-0.25, -0.2) is 0 Å². The summed E-state index contributed by atoms with van der Waals surface area (Å²) < 4.78 is 5.01. The molecule has 0 unspecified atom stereocenters. The first-order chi connectivity index (χ1) is 6.88. The van der Waals surface area contributed by atoms with Crippen molar-refractivity contribution in [3.63, 3.8) is 0 Å². The molecule has 0 spiro atoms. The van der Waals surface area contributed by atoms with Crippen molar-refractivity contribution in [3.05, 3.63) is 0 Å². The normalized spacial score (nSPS) is 27.0. The topological polar surface area (TPSA) is 6.48 Å². The average molecular weight is 235 g/mol. The van der Waals surface area contributed by atoms with Crippen molar-refractivity contribution in [3.8, 4) is 0 Å². The van der Waals surface area contributed by atoms with E-state index < -0.39 is 7.58 Å². The van der Waals surface area contributed by atoms with Crippen LogP contribution in [0.25, 0.3) is 0 Å². The fourth-order valence-corrected chi connectivity index (χ4v) is 4.75. The minimum atomic E-state index is -0.478. The van der Waals surface area contributed by atoms with Gasteiger partial charge in [0.1, 0.15) is 7.58 Å². The van der Waals surface area contributed by atoms with Crippen LogP contribution in [0.5, 0.6) is 0 Å². The first-order valence-electron chi connectivity index (χ1n) is 5.83. The van der Waals surface area contributed by atoms with Crippen molar-refractivity contribution in [1.82, 2.24) is 9.34 Å². The van der Waals surface area contributed by atoms with Crippen LogP contribution in [0.2, 0.25) is 0 Å². The standard InChI is InChI=1S/C10H20ClN2P/c11-14(12-7-3-1-4-8-12)13-9-5-2-6-10-13/h1-10H2. The third kappa shape index (κ3) is 2.82. The summed E-state index contributed by atoms with van der Waals surface area (Å²) in [6.45, 7) is 4.91. The van der Waals surface area contributed by atoms with Crippen molar-refractivity contribution in [2.24, 2.45) is 0 Å². The first kappa shape index (κ1) is 11.1. The molecule has 2 aliphatic rings. The van der Waals surface area contributed by atoms with Crippen molar-refractivity contribution < 1.29 is 0 Å². The molecule has 14 heavy (non-hydrogen) atoms. The highest BCUT2D eigenvalue weighted by atomic mass is 35.7. The van der Waals surface area contributed by atoms with Crippen LogP contribution in [0.3, 0.4) is 0 Å². The Hall–Kier alpha value is 0.640. The molecule has 2 saturated heterocycles. The van der Waals surface area contributed by atoms with Gasteiger partial charge in [0.25, 0.3) is 0 Å². The molecule has 0 amide bonds. The summed E-state index contributed by atoms with van der Waals surface area (Å²) in [5, 5.41) is 0. The predicted octanol–water partition coefficient (Wildman–Crippen LogP) is 3.42. The minimum Gasteiger partial charge on any atom is -0.257 e. The Balaban J connectivity index is 1.82. The maximum atomic E-state index is 6.56. The summed E-state index contributed by atoms with van der Waals surface area (Å²) >= 11 is 6.56.